The monoisotopic (exact) mass is 311 g/mol. The predicted molar refractivity (Wildman–Crippen MR) is 81.3 cm³/mol. The number of anilines is 2. The summed E-state index contributed by atoms with van der Waals surface area (Å²) in [5.41, 5.74) is 6.57. The zero-order chi connectivity index (χ0) is 15.4. The van der Waals surface area contributed by atoms with Gasteiger partial charge in [0.05, 0.1) is 16.8 Å². The van der Waals surface area contributed by atoms with Gasteiger partial charge in [0.1, 0.15) is 6.10 Å². The molecule has 0 bridgehead atoms. The van der Waals surface area contributed by atoms with Crippen molar-refractivity contribution < 1.29 is 14.3 Å². The largest absolute Gasteiger partial charge is 0.364 e. The Morgan fingerprint density at radius 2 is 2.14 bits per heavy atom. The van der Waals surface area contributed by atoms with Crippen molar-refractivity contribution in [2.45, 2.75) is 32.0 Å². The van der Waals surface area contributed by atoms with E-state index in [4.69, 9.17) is 22.1 Å². The van der Waals surface area contributed by atoms with Crippen LogP contribution >= 0.6 is 11.6 Å². The number of amides is 2. The van der Waals surface area contributed by atoms with E-state index in [0.717, 1.165) is 6.42 Å². The predicted octanol–water partition coefficient (Wildman–Crippen LogP) is 1.74. The molecule has 1 aliphatic heterocycles. The highest BCUT2D eigenvalue weighted by Crippen LogP contribution is 2.27. The summed E-state index contributed by atoms with van der Waals surface area (Å²) in [6.07, 6.45) is 0.877. The molecule has 0 unspecified atom stereocenters. The Labute approximate surface area is 128 Å². The number of nitrogens with two attached hydrogens (primary N) is 1. The molecule has 0 saturated carbocycles. The first kappa shape index (κ1) is 15.8. The van der Waals surface area contributed by atoms with Crippen LogP contribution in [0.3, 0.4) is 0 Å². The standard InChI is InChI=1S/C14H18ClN3O3/c1-8(19)17-9-2-4-12(11(15)6-9)18-14(20)13-5-3-10(7-16)21-13/h2,4,6,10,13H,3,5,7,16H2,1H3,(H,17,19)(H,18,20)/t10-,13+/m1/s1. The van der Waals surface area contributed by atoms with Gasteiger partial charge < -0.3 is 21.1 Å². The maximum Gasteiger partial charge on any atom is 0.253 e. The third-order valence-electron chi connectivity index (χ3n) is 3.21. The summed E-state index contributed by atoms with van der Waals surface area (Å²) < 4.78 is 5.52. The van der Waals surface area contributed by atoms with Gasteiger partial charge in [-0.3, -0.25) is 9.59 Å². The maximum absolute atomic E-state index is 12.1. The van der Waals surface area contributed by atoms with Gasteiger partial charge in [-0.1, -0.05) is 11.6 Å². The van der Waals surface area contributed by atoms with Crippen LogP contribution < -0.4 is 16.4 Å². The van der Waals surface area contributed by atoms with E-state index in [1.54, 1.807) is 18.2 Å². The van der Waals surface area contributed by atoms with Gasteiger partial charge in [0.15, 0.2) is 0 Å². The molecule has 1 heterocycles. The normalized spacial score (nSPS) is 21.1. The minimum Gasteiger partial charge on any atom is -0.364 e. The van der Waals surface area contributed by atoms with E-state index in [-0.39, 0.29) is 17.9 Å². The number of nitrogens with one attached hydrogen (secondary N) is 2. The molecule has 1 fully saturated rings. The van der Waals surface area contributed by atoms with Crippen molar-refractivity contribution >= 4 is 34.8 Å². The van der Waals surface area contributed by atoms with E-state index >= 15 is 0 Å². The van der Waals surface area contributed by atoms with Crippen molar-refractivity contribution in [3.63, 3.8) is 0 Å². The molecule has 21 heavy (non-hydrogen) atoms. The van der Waals surface area contributed by atoms with E-state index in [1.165, 1.54) is 6.92 Å². The van der Waals surface area contributed by atoms with E-state index in [1.807, 2.05) is 0 Å². The second-order valence-corrected chi connectivity index (χ2v) is 5.33. The molecule has 0 radical (unpaired) electrons. The fourth-order valence-electron chi connectivity index (χ4n) is 2.18. The van der Waals surface area contributed by atoms with Gasteiger partial charge in [-0.15, -0.1) is 0 Å². The smallest absolute Gasteiger partial charge is 0.253 e. The van der Waals surface area contributed by atoms with Gasteiger partial charge in [-0.25, -0.2) is 0 Å². The topological polar surface area (TPSA) is 93.5 Å². The zero-order valence-electron chi connectivity index (χ0n) is 11.7. The van der Waals surface area contributed by atoms with Crippen LogP contribution in [0.2, 0.25) is 5.02 Å². The first-order chi connectivity index (χ1) is 9.99. The number of rotatable bonds is 4. The fourth-order valence-corrected chi connectivity index (χ4v) is 2.41. The summed E-state index contributed by atoms with van der Waals surface area (Å²) in [5.74, 6) is -0.421. The molecule has 1 aromatic carbocycles. The first-order valence-electron chi connectivity index (χ1n) is 6.73. The van der Waals surface area contributed by atoms with E-state index in [9.17, 15) is 9.59 Å². The van der Waals surface area contributed by atoms with E-state index in [0.29, 0.717) is 29.4 Å². The number of carbonyl (C=O) groups is 2. The van der Waals surface area contributed by atoms with Crippen molar-refractivity contribution in [3.05, 3.63) is 23.2 Å². The fraction of sp³-hybridized carbons (Fsp3) is 0.429. The number of benzene rings is 1. The minimum absolute atomic E-state index is 0.0571. The average Bonchev–Trinajstić information content (AvgIpc) is 2.90. The average molecular weight is 312 g/mol. The van der Waals surface area contributed by atoms with Gasteiger partial charge >= 0.3 is 0 Å². The maximum atomic E-state index is 12.1. The number of halogens is 1. The van der Waals surface area contributed by atoms with Gasteiger partial charge in [0, 0.05) is 19.2 Å². The third kappa shape index (κ3) is 4.17. The lowest BCUT2D eigenvalue weighted by Gasteiger charge is -2.14. The van der Waals surface area contributed by atoms with Gasteiger partial charge in [0.2, 0.25) is 5.91 Å². The highest BCUT2D eigenvalue weighted by Gasteiger charge is 2.30. The molecule has 7 heteroatoms. The number of hydrogen-bond donors (Lipinski definition) is 3. The Hall–Kier alpha value is -1.63. The molecule has 0 aromatic heterocycles. The van der Waals surface area contributed by atoms with Crippen molar-refractivity contribution in [2.75, 3.05) is 17.2 Å². The molecular formula is C14H18ClN3O3. The molecule has 4 N–H and O–H groups in total. The second kappa shape index (κ2) is 6.89. The molecule has 0 aliphatic carbocycles. The Balaban J connectivity index is 1.99. The van der Waals surface area contributed by atoms with E-state index < -0.39 is 6.10 Å². The van der Waals surface area contributed by atoms with Crippen molar-refractivity contribution in [1.29, 1.82) is 0 Å². The molecule has 6 nitrogen and oxygen atoms in total. The Kier molecular flexibility index (Phi) is 5.17. The van der Waals surface area contributed by atoms with Crippen LogP contribution in [0, 0.1) is 0 Å². The van der Waals surface area contributed by atoms with Crippen LogP contribution in [0.1, 0.15) is 19.8 Å². The lowest BCUT2D eigenvalue weighted by molar-refractivity contribution is -0.126. The Bertz CT molecular complexity index is 550. The summed E-state index contributed by atoms with van der Waals surface area (Å²) in [7, 11) is 0. The summed E-state index contributed by atoms with van der Waals surface area (Å²) in [6.45, 7) is 1.82. The highest BCUT2D eigenvalue weighted by molar-refractivity contribution is 6.34. The molecule has 1 aliphatic rings. The molecule has 2 rings (SSSR count). The van der Waals surface area contributed by atoms with Crippen LogP contribution in [0.4, 0.5) is 11.4 Å². The van der Waals surface area contributed by atoms with Gasteiger partial charge in [0.25, 0.3) is 5.91 Å². The molecule has 0 spiro atoms. The van der Waals surface area contributed by atoms with Crippen molar-refractivity contribution in [1.82, 2.24) is 0 Å². The lowest BCUT2D eigenvalue weighted by atomic mass is 10.2. The van der Waals surface area contributed by atoms with Crippen molar-refractivity contribution in [3.8, 4) is 0 Å². The first-order valence-corrected chi connectivity index (χ1v) is 7.11. The van der Waals surface area contributed by atoms with Crippen LogP contribution in [-0.2, 0) is 14.3 Å². The molecule has 1 saturated heterocycles. The quantitative estimate of drug-likeness (QED) is 0.789. The van der Waals surface area contributed by atoms with Crippen LogP contribution in [0.5, 0.6) is 0 Å². The lowest BCUT2D eigenvalue weighted by Crippen LogP contribution is -2.29. The second-order valence-electron chi connectivity index (χ2n) is 4.92. The van der Waals surface area contributed by atoms with Gasteiger partial charge in [-0.2, -0.15) is 0 Å². The molecule has 1 aromatic rings. The number of hydrogen-bond acceptors (Lipinski definition) is 4. The highest BCUT2D eigenvalue weighted by atomic mass is 35.5. The Morgan fingerprint density at radius 3 is 2.71 bits per heavy atom. The summed E-state index contributed by atoms with van der Waals surface area (Å²) in [4.78, 5) is 23.1. The number of carbonyl (C=O) groups excluding carboxylic acids is 2. The zero-order valence-corrected chi connectivity index (χ0v) is 12.4. The summed E-state index contributed by atoms with van der Waals surface area (Å²) in [5, 5.41) is 5.70. The van der Waals surface area contributed by atoms with Crippen LogP contribution in [0.15, 0.2) is 18.2 Å². The molecule has 114 valence electrons. The number of ether oxygens (including phenoxy) is 1. The van der Waals surface area contributed by atoms with Crippen LogP contribution in [0.25, 0.3) is 0 Å². The van der Waals surface area contributed by atoms with Crippen LogP contribution in [-0.4, -0.2) is 30.6 Å². The third-order valence-corrected chi connectivity index (χ3v) is 3.52. The Morgan fingerprint density at radius 1 is 1.38 bits per heavy atom. The molecular weight excluding hydrogens is 294 g/mol. The molecule has 2 atom stereocenters. The van der Waals surface area contributed by atoms with E-state index in [2.05, 4.69) is 10.6 Å². The SMILES string of the molecule is CC(=O)Nc1ccc(NC(=O)[C@@H]2CC[C@H](CN)O2)c(Cl)c1. The minimum atomic E-state index is -0.496. The summed E-state index contributed by atoms with van der Waals surface area (Å²) >= 11 is 6.09. The summed E-state index contributed by atoms with van der Waals surface area (Å²) in [6, 6.07) is 4.89. The van der Waals surface area contributed by atoms with Gasteiger partial charge in [-0.05, 0) is 31.0 Å². The van der Waals surface area contributed by atoms with Crippen molar-refractivity contribution in [2.24, 2.45) is 5.73 Å². The molecule has 2 amide bonds.